The Kier molecular flexibility index (Phi) is 6.40. The first-order valence-corrected chi connectivity index (χ1v) is 8.90. The van der Waals surface area contributed by atoms with Crippen molar-refractivity contribution in [1.29, 1.82) is 0 Å². The van der Waals surface area contributed by atoms with Crippen molar-refractivity contribution < 1.29 is 0 Å². The molecule has 1 aromatic rings. The molecule has 0 aliphatic carbocycles. The van der Waals surface area contributed by atoms with E-state index < -0.39 is 0 Å². The Bertz CT molecular complexity index is 408. The van der Waals surface area contributed by atoms with Crippen LogP contribution in [0.5, 0.6) is 0 Å². The first-order valence-electron chi connectivity index (χ1n) is 7.85. The van der Waals surface area contributed by atoms with E-state index in [1.165, 1.54) is 23.4 Å². The van der Waals surface area contributed by atoms with Gasteiger partial charge in [-0.1, -0.05) is 38.1 Å². The van der Waals surface area contributed by atoms with E-state index in [9.17, 15) is 0 Å². The van der Waals surface area contributed by atoms with Crippen LogP contribution < -0.4 is 5.32 Å². The second-order valence-electron chi connectivity index (χ2n) is 5.66. The van der Waals surface area contributed by atoms with Crippen LogP contribution >= 0.6 is 11.8 Å². The standard InChI is InChI=1S/C17H28N2S/c1-4-18-10-9-16-7-5-6-8-17(16)13-19-11-12-20-15(3)14(19)2/h5-8,14-15,18H,4,9-13H2,1-3H3. The molecule has 1 saturated heterocycles. The molecule has 2 rings (SSSR count). The predicted octanol–water partition coefficient (Wildman–Crippen LogP) is 3.16. The third kappa shape index (κ3) is 4.24. The zero-order valence-electron chi connectivity index (χ0n) is 13.1. The molecule has 0 spiro atoms. The number of nitrogens with zero attached hydrogens (tertiary/aromatic N) is 1. The number of likely N-dealkylation sites (N-methyl/N-ethyl adjacent to an activating group) is 1. The summed E-state index contributed by atoms with van der Waals surface area (Å²) in [4.78, 5) is 2.65. The monoisotopic (exact) mass is 292 g/mol. The molecule has 1 aromatic carbocycles. The SMILES string of the molecule is CCNCCc1ccccc1CN1CCSC(C)C1C. The van der Waals surface area contributed by atoms with Gasteiger partial charge in [-0.3, -0.25) is 4.90 Å². The lowest BCUT2D eigenvalue weighted by Crippen LogP contribution is -2.44. The van der Waals surface area contributed by atoms with Crippen LogP contribution in [0.4, 0.5) is 0 Å². The van der Waals surface area contributed by atoms with Gasteiger partial charge < -0.3 is 5.32 Å². The molecule has 2 unspecified atom stereocenters. The molecule has 1 heterocycles. The number of hydrogen-bond acceptors (Lipinski definition) is 3. The molecular formula is C17H28N2S. The smallest absolute Gasteiger partial charge is 0.0240 e. The topological polar surface area (TPSA) is 15.3 Å². The maximum absolute atomic E-state index is 3.43. The van der Waals surface area contributed by atoms with Crippen molar-refractivity contribution in [3.63, 3.8) is 0 Å². The number of rotatable bonds is 6. The van der Waals surface area contributed by atoms with Crippen molar-refractivity contribution >= 4 is 11.8 Å². The van der Waals surface area contributed by atoms with Crippen molar-refractivity contribution in [2.45, 2.75) is 45.0 Å². The van der Waals surface area contributed by atoms with Crippen LogP contribution in [0, 0.1) is 0 Å². The highest BCUT2D eigenvalue weighted by molar-refractivity contribution is 8.00. The minimum Gasteiger partial charge on any atom is -0.317 e. The average Bonchev–Trinajstić information content (AvgIpc) is 2.46. The highest BCUT2D eigenvalue weighted by Crippen LogP contribution is 2.26. The lowest BCUT2D eigenvalue weighted by atomic mass is 10.0. The summed E-state index contributed by atoms with van der Waals surface area (Å²) in [6.45, 7) is 11.4. The molecule has 20 heavy (non-hydrogen) atoms. The van der Waals surface area contributed by atoms with Gasteiger partial charge in [0.25, 0.3) is 0 Å². The molecule has 1 aliphatic heterocycles. The highest BCUT2D eigenvalue weighted by Gasteiger charge is 2.25. The van der Waals surface area contributed by atoms with E-state index in [1.54, 1.807) is 0 Å². The van der Waals surface area contributed by atoms with Crippen molar-refractivity contribution in [3.8, 4) is 0 Å². The van der Waals surface area contributed by atoms with Gasteiger partial charge in [0.05, 0.1) is 0 Å². The second-order valence-corrected chi connectivity index (χ2v) is 7.14. The van der Waals surface area contributed by atoms with Gasteiger partial charge >= 0.3 is 0 Å². The summed E-state index contributed by atoms with van der Waals surface area (Å²) in [5, 5.41) is 4.17. The van der Waals surface area contributed by atoms with Gasteiger partial charge in [-0.15, -0.1) is 0 Å². The average molecular weight is 292 g/mol. The van der Waals surface area contributed by atoms with Gasteiger partial charge in [-0.05, 0) is 37.6 Å². The lowest BCUT2D eigenvalue weighted by Gasteiger charge is -2.37. The number of nitrogens with one attached hydrogen (secondary N) is 1. The van der Waals surface area contributed by atoms with Crippen LogP contribution in [0.2, 0.25) is 0 Å². The van der Waals surface area contributed by atoms with E-state index in [1.807, 2.05) is 0 Å². The highest BCUT2D eigenvalue weighted by atomic mass is 32.2. The van der Waals surface area contributed by atoms with Crippen LogP contribution in [0.15, 0.2) is 24.3 Å². The Morgan fingerprint density at radius 2 is 2.00 bits per heavy atom. The molecule has 3 heteroatoms. The van der Waals surface area contributed by atoms with Crippen LogP contribution in [-0.4, -0.2) is 41.6 Å². The van der Waals surface area contributed by atoms with Gasteiger partial charge in [-0.25, -0.2) is 0 Å². The van der Waals surface area contributed by atoms with Gasteiger partial charge in [0.1, 0.15) is 0 Å². The Hall–Kier alpha value is -0.510. The zero-order chi connectivity index (χ0) is 14.4. The summed E-state index contributed by atoms with van der Waals surface area (Å²) in [5.74, 6) is 1.27. The van der Waals surface area contributed by atoms with E-state index in [2.05, 4.69) is 67.0 Å². The molecule has 0 radical (unpaired) electrons. The maximum atomic E-state index is 3.43. The molecular weight excluding hydrogens is 264 g/mol. The molecule has 112 valence electrons. The third-order valence-corrected chi connectivity index (χ3v) is 5.67. The minimum atomic E-state index is 0.676. The Balaban J connectivity index is 2.00. The maximum Gasteiger partial charge on any atom is 0.0240 e. The van der Waals surface area contributed by atoms with Crippen molar-refractivity contribution in [2.75, 3.05) is 25.4 Å². The second kappa shape index (κ2) is 8.06. The quantitative estimate of drug-likeness (QED) is 0.811. The lowest BCUT2D eigenvalue weighted by molar-refractivity contribution is 0.204. The molecule has 0 bridgehead atoms. The van der Waals surface area contributed by atoms with Crippen LogP contribution in [-0.2, 0) is 13.0 Å². The van der Waals surface area contributed by atoms with E-state index in [0.717, 1.165) is 31.3 Å². The summed E-state index contributed by atoms with van der Waals surface area (Å²) in [7, 11) is 0. The zero-order valence-corrected chi connectivity index (χ0v) is 13.9. The molecule has 0 saturated carbocycles. The van der Waals surface area contributed by atoms with E-state index in [-0.39, 0.29) is 0 Å². The number of thioether (sulfide) groups is 1. The van der Waals surface area contributed by atoms with Gasteiger partial charge in [0.2, 0.25) is 0 Å². The summed E-state index contributed by atoms with van der Waals surface area (Å²) < 4.78 is 0. The van der Waals surface area contributed by atoms with E-state index in [0.29, 0.717) is 6.04 Å². The van der Waals surface area contributed by atoms with Crippen LogP contribution in [0.3, 0.4) is 0 Å². The summed E-state index contributed by atoms with van der Waals surface area (Å²) >= 11 is 2.11. The van der Waals surface area contributed by atoms with Crippen molar-refractivity contribution in [3.05, 3.63) is 35.4 Å². The number of hydrogen-bond donors (Lipinski definition) is 1. The third-order valence-electron chi connectivity index (χ3n) is 4.33. The normalized spacial score (nSPS) is 23.9. The fraction of sp³-hybridized carbons (Fsp3) is 0.647. The van der Waals surface area contributed by atoms with Crippen LogP contribution in [0.25, 0.3) is 0 Å². The van der Waals surface area contributed by atoms with E-state index in [4.69, 9.17) is 0 Å². The van der Waals surface area contributed by atoms with E-state index >= 15 is 0 Å². The predicted molar refractivity (Wildman–Crippen MR) is 90.5 cm³/mol. The largest absolute Gasteiger partial charge is 0.317 e. The first kappa shape index (κ1) is 15.9. The first-order chi connectivity index (χ1) is 9.72. The fourth-order valence-corrected chi connectivity index (χ4v) is 3.96. The minimum absolute atomic E-state index is 0.676. The van der Waals surface area contributed by atoms with Gasteiger partial charge in [0, 0.05) is 30.1 Å². The summed E-state index contributed by atoms with van der Waals surface area (Å²) in [6, 6.07) is 9.62. The van der Waals surface area contributed by atoms with Crippen LogP contribution in [0.1, 0.15) is 31.9 Å². The van der Waals surface area contributed by atoms with Crippen molar-refractivity contribution in [1.82, 2.24) is 10.2 Å². The summed E-state index contributed by atoms with van der Waals surface area (Å²) in [6.07, 6.45) is 1.14. The molecule has 0 aromatic heterocycles. The molecule has 1 fully saturated rings. The van der Waals surface area contributed by atoms with Crippen molar-refractivity contribution in [2.24, 2.45) is 0 Å². The van der Waals surface area contributed by atoms with Gasteiger partial charge in [-0.2, -0.15) is 11.8 Å². The Labute approximate surface area is 128 Å². The molecule has 2 nitrogen and oxygen atoms in total. The molecule has 1 aliphatic rings. The Morgan fingerprint density at radius 3 is 2.75 bits per heavy atom. The molecule has 0 amide bonds. The molecule has 2 atom stereocenters. The van der Waals surface area contributed by atoms with Gasteiger partial charge in [0.15, 0.2) is 0 Å². The Morgan fingerprint density at radius 1 is 1.25 bits per heavy atom. The molecule has 1 N–H and O–H groups in total. The summed E-state index contributed by atoms with van der Waals surface area (Å²) in [5.41, 5.74) is 3.02. The fourth-order valence-electron chi connectivity index (χ4n) is 2.79. The number of benzene rings is 1.